The predicted molar refractivity (Wildman–Crippen MR) is 104 cm³/mol. The van der Waals surface area contributed by atoms with E-state index in [0.717, 1.165) is 57.0 Å². The molecule has 1 aromatic rings. The lowest BCUT2D eigenvalue weighted by Crippen LogP contribution is -2.52. The summed E-state index contributed by atoms with van der Waals surface area (Å²) in [6.45, 7) is 3.99. The molecule has 5 heteroatoms. The minimum Gasteiger partial charge on any atom is -0.445 e. The molecular formula is C22H32N2O3. The summed E-state index contributed by atoms with van der Waals surface area (Å²) in [6, 6.07) is 10.4. The Hall–Kier alpha value is -1.59. The first-order chi connectivity index (χ1) is 13.3. The molecule has 1 amide bonds. The molecule has 1 aromatic carbocycles. The highest BCUT2D eigenvalue weighted by Gasteiger charge is 2.34. The Morgan fingerprint density at radius 3 is 2.48 bits per heavy atom. The van der Waals surface area contributed by atoms with E-state index in [-0.39, 0.29) is 6.09 Å². The van der Waals surface area contributed by atoms with E-state index >= 15 is 0 Å². The quantitative estimate of drug-likeness (QED) is 0.756. The van der Waals surface area contributed by atoms with E-state index in [9.17, 15) is 4.79 Å². The van der Waals surface area contributed by atoms with E-state index in [1.807, 2.05) is 35.2 Å². The molecule has 1 saturated carbocycles. The van der Waals surface area contributed by atoms with Gasteiger partial charge in [-0.2, -0.15) is 0 Å². The van der Waals surface area contributed by atoms with Gasteiger partial charge in [-0.1, -0.05) is 30.3 Å². The van der Waals surface area contributed by atoms with E-state index in [1.165, 1.54) is 25.7 Å². The van der Waals surface area contributed by atoms with Gasteiger partial charge >= 0.3 is 6.09 Å². The third-order valence-electron chi connectivity index (χ3n) is 6.11. The van der Waals surface area contributed by atoms with Crippen molar-refractivity contribution in [2.24, 2.45) is 5.92 Å². The molecule has 5 nitrogen and oxygen atoms in total. The van der Waals surface area contributed by atoms with Crippen molar-refractivity contribution in [1.82, 2.24) is 9.80 Å². The second-order valence-corrected chi connectivity index (χ2v) is 8.22. The van der Waals surface area contributed by atoms with Crippen molar-refractivity contribution < 1.29 is 14.3 Å². The maximum atomic E-state index is 12.4. The zero-order valence-electron chi connectivity index (χ0n) is 16.2. The van der Waals surface area contributed by atoms with Crippen LogP contribution in [0.15, 0.2) is 30.3 Å². The van der Waals surface area contributed by atoms with Gasteiger partial charge in [0.15, 0.2) is 0 Å². The summed E-state index contributed by atoms with van der Waals surface area (Å²) in [6.07, 6.45) is 8.53. The topological polar surface area (TPSA) is 42.0 Å². The lowest BCUT2D eigenvalue weighted by Gasteiger charge is -2.44. The van der Waals surface area contributed by atoms with Gasteiger partial charge in [-0.05, 0) is 56.4 Å². The van der Waals surface area contributed by atoms with Crippen molar-refractivity contribution in [3.8, 4) is 0 Å². The number of rotatable bonds is 6. The SMILES string of the molecule is O=C(OCc1ccccc1)N1CCC(N2CCCCC2OCC2CC2)CC1. The minimum absolute atomic E-state index is 0.183. The van der Waals surface area contributed by atoms with Crippen LogP contribution < -0.4 is 0 Å². The highest BCUT2D eigenvalue weighted by Crippen LogP contribution is 2.32. The number of likely N-dealkylation sites (tertiary alicyclic amines) is 2. The minimum atomic E-state index is -0.183. The van der Waals surface area contributed by atoms with Gasteiger partial charge in [0.2, 0.25) is 0 Å². The van der Waals surface area contributed by atoms with E-state index < -0.39 is 0 Å². The third kappa shape index (κ3) is 5.23. The molecule has 27 heavy (non-hydrogen) atoms. The van der Waals surface area contributed by atoms with Crippen LogP contribution in [-0.2, 0) is 16.1 Å². The van der Waals surface area contributed by atoms with Gasteiger partial charge < -0.3 is 14.4 Å². The molecule has 3 fully saturated rings. The van der Waals surface area contributed by atoms with Crippen LogP contribution in [0, 0.1) is 5.92 Å². The molecule has 1 atom stereocenters. The first kappa shape index (κ1) is 18.8. The van der Waals surface area contributed by atoms with Crippen LogP contribution in [0.2, 0.25) is 0 Å². The molecular weight excluding hydrogens is 340 g/mol. The van der Waals surface area contributed by atoms with Crippen molar-refractivity contribution in [2.75, 3.05) is 26.2 Å². The number of amides is 1. The van der Waals surface area contributed by atoms with Crippen LogP contribution >= 0.6 is 0 Å². The number of ether oxygens (including phenoxy) is 2. The summed E-state index contributed by atoms with van der Waals surface area (Å²) in [5.74, 6) is 0.815. The largest absolute Gasteiger partial charge is 0.445 e. The number of benzene rings is 1. The number of carbonyl (C=O) groups excluding carboxylic acids is 1. The van der Waals surface area contributed by atoms with Gasteiger partial charge in [-0.25, -0.2) is 4.79 Å². The average molecular weight is 373 g/mol. The summed E-state index contributed by atoms with van der Waals surface area (Å²) in [5.41, 5.74) is 1.03. The zero-order chi connectivity index (χ0) is 18.5. The van der Waals surface area contributed by atoms with Gasteiger partial charge in [-0.3, -0.25) is 4.90 Å². The number of nitrogens with zero attached hydrogens (tertiary/aromatic N) is 2. The molecule has 4 rings (SSSR count). The molecule has 0 aromatic heterocycles. The summed E-state index contributed by atoms with van der Waals surface area (Å²) in [7, 11) is 0. The molecule has 3 aliphatic rings. The van der Waals surface area contributed by atoms with Gasteiger partial charge in [0.25, 0.3) is 0 Å². The normalized spacial score (nSPS) is 24.7. The van der Waals surface area contributed by atoms with Crippen LogP contribution in [0.3, 0.4) is 0 Å². The first-order valence-electron chi connectivity index (χ1n) is 10.6. The van der Waals surface area contributed by atoms with Crippen LogP contribution in [0.1, 0.15) is 50.5 Å². The average Bonchev–Trinajstić information content (AvgIpc) is 3.56. The van der Waals surface area contributed by atoms with Crippen LogP contribution in [0.5, 0.6) is 0 Å². The Labute approximate surface area is 162 Å². The van der Waals surface area contributed by atoms with Crippen LogP contribution in [-0.4, -0.2) is 54.4 Å². The fraction of sp³-hybridized carbons (Fsp3) is 0.682. The molecule has 1 unspecified atom stereocenters. The van der Waals surface area contributed by atoms with Gasteiger partial charge in [-0.15, -0.1) is 0 Å². The zero-order valence-corrected chi connectivity index (χ0v) is 16.2. The van der Waals surface area contributed by atoms with Gasteiger partial charge in [0.1, 0.15) is 12.8 Å². The lowest BCUT2D eigenvalue weighted by molar-refractivity contribution is -0.109. The molecule has 2 saturated heterocycles. The number of carbonyl (C=O) groups is 1. The predicted octanol–water partition coefficient (Wildman–Crippen LogP) is 4.03. The first-order valence-corrected chi connectivity index (χ1v) is 10.6. The van der Waals surface area contributed by atoms with Gasteiger partial charge in [0.05, 0.1) is 6.61 Å². The van der Waals surface area contributed by atoms with Crippen molar-refractivity contribution in [2.45, 2.75) is 63.8 Å². The van der Waals surface area contributed by atoms with Crippen LogP contribution in [0.25, 0.3) is 0 Å². The van der Waals surface area contributed by atoms with Crippen LogP contribution in [0.4, 0.5) is 4.79 Å². The Morgan fingerprint density at radius 1 is 0.963 bits per heavy atom. The van der Waals surface area contributed by atoms with Crippen molar-refractivity contribution >= 4 is 6.09 Å². The second-order valence-electron chi connectivity index (χ2n) is 8.22. The molecule has 1 aliphatic carbocycles. The highest BCUT2D eigenvalue weighted by molar-refractivity contribution is 5.67. The lowest BCUT2D eigenvalue weighted by atomic mass is 9.99. The Bertz CT molecular complexity index is 597. The monoisotopic (exact) mass is 372 g/mol. The Morgan fingerprint density at radius 2 is 1.74 bits per heavy atom. The summed E-state index contributed by atoms with van der Waals surface area (Å²) < 4.78 is 11.7. The van der Waals surface area contributed by atoms with Gasteiger partial charge in [0, 0.05) is 25.7 Å². The molecule has 2 heterocycles. The maximum absolute atomic E-state index is 12.4. The molecule has 0 N–H and O–H groups in total. The molecule has 2 aliphatic heterocycles. The fourth-order valence-corrected chi connectivity index (χ4v) is 4.24. The van der Waals surface area contributed by atoms with E-state index in [2.05, 4.69) is 4.90 Å². The standard InChI is InChI=1S/C22H32N2O3/c25-22(27-17-18-6-2-1-3-7-18)23-14-11-20(12-15-23)24-13-5-4-8-21(24)26-16-19-9-10-19/h1-3,6-7,19-21H,4-5,8-17H2. The van der Waals surface area contributed by atoms with Crippen molar-refractivity contribution in [3.05, 3.63) is 35.9 Å². The molecule has 0 spiro atoms. The molecule has 0 radical (unpaired) electrons. The molecule has 0 bridgehead atoms. The summed E-state index contributed by atoms with van der Waals surface area (Å²) in [5, 5.41) is 0. The van der Waals surface area contributed by atoms with Crippen molar-refractivity contribution in [3.63, 3.8) is 0 Å². The third-order valence-corrected chi connectivity index (χ3v) is 6.11. The highest BCUT2D eigenvalue weighted by atomic mass is 16.6. The number of piperidine rings is 2. The smallest absolute Gasteiger partial charge is 0.410 e. The summed E-state index contributed by atoms with van der Waals surface area (Å²) >= 11 is 0. The maximum Gasteiger partial charge on any atom is 0.410 e. The Balaban J connectivity index is 1.23. The number of hydrogen-bond acceptors (Lipinski definition) is 4. The fourth-order valence-electron chi connectivity index (χ4n) is 4.24. The van der Waals surface area contributed by atoms with E-state index in [4.69, 9.17) is 9.47 Å². The Kier molecular flexibility index (Phi) is 6.30. The molecule has 148 valence electrons. The second kappa shape index (κ2) is 9.07. The van der Waals surface area contributed by atoms with Crippen molar-refractivity contribution in [1.29, 1.82) is 0 Å². The van der Waals surface area contributed by atoms with E-state index in [0.29, 0.717) is 18.9 Å². The van der Waals surface area contributed by atoms with E-state index in [1.54, 1.807) is 0 Å². The summed E-state index contributed by atoms with van der Waals surface area (Å²) in [4.78, 5) is 16.8. The number of hydrogen-bond donors (Lipinski definition) is 0.